The SMILES string of the molecule is Cc1ccc(F)cc1Br.[MgH2]. The summed E-state index contributed by atoms with van der Waals surface area (Å²) in [4.78, 5) is 0. The first-order chi connectivity index (χ1) is 4.20. The Morgan fingerprint density at radius 3 is 2.40 bits per heavy atom. The van der Waals surface area contributed by atoms with Crippen LogP contribution in [0.5, 0.6) is 0 Å². The summed E-state index contributed by atoms with van der Waals surface area (Å²) in [5, 5.41) is 0. The van der Waals surface area contributed by atoms with Gasteiger partial charge in [0.2, 0.25) is 0 Å². The fourth-order valence-corrected chi connectivity index (χ4v) is 0.918. The van der Waals surface area contributed by atoms with Crippen LogP contribution < -0.4 is 0 Å². The first-order valence-electron chi connectivity index (χ1n) is 2.62. The molecule has 0 unspecified atom stereocenters. The Labute approximate surface area is 84.1 Å². The van der Waals surface area contributed by atoms with Crippen molar-refractivity contribution in [3.8, 4) is 0 Å². The van der Waals surface area contributed by atoms with Gasteiger partial charge in [-0.1, -0.05) is 22.0 Å². The van der Waals surface area contributed by atoms with Gasteiger partial charge in [-0.2, -0.15) is 0 Å². The Balaban J connectivity index is 0.000000810. The van der Waals surface area contributed by atoms with Crippen LogP contribution in [0.4, 0.5) is 4.39 Å². The maximum absolute atomic E-state index is 12.3. The summed E-state index contributed by atoms with van der Waals surface area (Å²) in [7, 11) is 0. The summed E-state index contributed by atoms with van der Waals surface area (Å²) in [5.74, 6) is -0.201. The van der Waals surface area contributed by atoms with E-state index in [1.54, 1.807) is 6.07 Å². The lowest BCUT2D eigenvalue weighted by Gasteiger charge is -1.94. The van der Waals surface area contributed by atoms with E-state index in [0.717, 1.165) is 10.0 Å². The zero-order valence-corrected chi connectivity index (χ0v) is 6.57. The number of halogens is 2. The largest absolute Gasteiger partial charge is 0.316 e. The molecule has 3 heteroatoms. The van der Waals surface area contributed by atoms with Crippen molar-refractivity contribution in [2.45, 2.75) is 6.92 Å². The van der Waals surface area contributed by atoms with E-state index in [0.29, 0.717) is 0 Å². The molecule has 0 nitrogen and oxygen atoms in total. The van der Waals surface area contributed by atoms with E-state index < -0.39 is 0 Å². The van der Waals surface area contributed by atoms with Crippen molar-refractivity contribution < 1.29 is 4.39 Å². The summed E-state index contributed by atoms with van der Waals surface area (Å²) < 4.78 is 13.1. The Morgan fingerprint density at radius 2 is 2.00 bits per heavy atom. The van der Waals surface area contributed by atoms with E-state index in [1.165, 1.54) is 12.1 Å². The van der Waals surface area contributed by atoms with Crippen molar-refractivity contribution in [2.75, 3.05) is 0 Å². The maximum atomic E-state index is 12.3. The minimum Gasteiger partial charge on any atom is -0.207 e. The molecule has 0 saturated carbocycles. The monoisotopic (exact) mass is 214 g/mol. The number of rotatable bonds is 0. The van der Waals surface area contributed by atoms with Crippen LogP contribution >= 0.6 is 15.9 Å². The highest BCUT2D eigenvalue weighted by Gasteiger charge is 1.93. The van der Waals surface area contributed by atoms with E-state index in [-0.39, 0.29) is 28.9 Å². The molecule has 1 aromatic carbocycles. The van der Waals surface area contributed by atoms with Gasteiger partial charge >= 0.3 is 23.1 Å². The van der Waals surface area contributed by atoms with Gasteiger partial charge in [0.1, 0.15) is 5.82 Å². The lowest BCUT2D eigenvalue weighted by molar-refractivity contribution is 0.626. The summed E-state index contributed by atoms with van der Waals surface area (Å²) in [6.45, 7) is 1.92. The zero-order valence-electron chi connectivity index (χ0n) is 4.99. The van der Waals surface area contributed by atoms with Gasteiger partial charge in [0.15, 0.2) is 0 Å². The Morgan fingerprint density at radius 1 is 1.40 bits per heavy atom. The molecule has 0 aromatic heterocycles. The number of hydrogen-bond donors (Lipinski definition) is 0. The van der Waals surface area contributed by atoms with Crippen LogP contribution in [0.1, 0.15) is 5.56 Å². The number of hydrogen-bond acceptors (Lipinski definition) is 0. The van der Waals surface area contributed by atoms with Crippen molar-refractivity contribution in [2.24, 2.45) is 0 Å². The predicted octanol–water partition coefficient (Wildman–Crippen LogP) is 1.98. The standard InChI is InChI=1S/C7H6BrF.Mg.2H/c1-5-2-3-6(9)4-7(5)8;;;/h2-4H,1H3;;;. The molecule has 0 aliphatic carbocycles. The van der Waals surface area contributed by atoms with Gasteiger partial charge in [-0.25, -0.2) is 4.39 Å². The third kappa shape index (κ3) is 2.56. The van der Waals surface area contributed by atoms with Crippen molar-refractivity contribution in [1.29, 1.82) is 0 Å². The number of aryl methyl sites for hydroxylation is 1. The molecule has 10 heavy (non-hydrogen) atoms. The Kier molecular flexibility index (Phi) is 4.48. The Bertz CT molecular complexity index is 225. The fourth-order valence-electron chi connectivity index (χ4n) is 0.567. The topological polar surface area (TPSA) is 0 Å². The van der Waals surface area contributed by atoms with Crippen LogP contribution in [0, 0.1) is 12.7 Å². The van der Waals surface area contributed by atoms with E-state index in [1.807, 2.05) is 6.92 Å². The summed E-state index contributed by atoms with van der Waals surface area (Å²) in [6, 6.07) is 4.63. The third-order valence-electron chi connectivity index (χ3n) is 1.13. The minimum atomic E-state index is -0.201. The van der Waals surface area contributed by atoms with Gasteiger partial charge in [0, 0.05) is 4.47 Å². The van der Waals surface area contributed by atoms with Crippen molar-refractivity contribution in [3.05, 3.63) is 34.1 Å². The molecule has 0 N–H and O–H groups in total. The van der Waals surface area contributed by atoms with Crippen LogP contribution in [-0.2, 0) is 0 Å². The lowest BCUT2D eigenvalue weighted by Crippen LogP contribution is -1.76. The summed E-state index contributed by atoms with van der Waals surface area (Å²) in [6.07, 6.45) is 0. The first kappa shape index (κ1) is 10.4. The fraction of sp³-hybridized carbons (Fsp3) is 0.143. The molecular weight excluding hydrogens is 207 g/mol. The molecule has 0 aliphatic heterocycles. The molecule has 0 fully saturated rings. The molecular formula is C7H8BrFMg. The third-order valence-corrected chi connectivity index (χ3v) is 1.99. The molecule has 0 bridgehead atoms. The second-order valence-electron chi connectivity index (χ2n) is 1.89. The van der Waals surface area contributed by atoms with Gasteiger partial charge in [-0.3, -0.25) is 0 Å². The molecule has 0 spiro atoms. The molecule has 52 valence electrons. The highest BCUT2D eigenvalue weighted by Crippen LogP contribution is 2.15. The lowest BCUT2D eigenvalue weighted by atomic mass is 10.2. The average molecular weight is 215 g/mol. The minimum absolute atomic E-state index is 0. The molecule has 0 amide bonds. The molecule has 0 heterocycles. The summed E-state index contributed by atoms with van der Waals surface area (Å²) >= 11 is 3.21. The first-order valence-corrected chi connectivity index (χ1v) is 3.41. The van der Waals surface area contributed by atoms with Crippen LogP contribution in [0.25, 0.3) is 0 Å². The average Bonchev–Trinajstić information content (AvgIpc) is 1.80. The van der Waals surface area contributed by atoms with Crippen molar-refractivity contribution in [1.82, 2.24) is 0 Å². The van der Waals surface area contributed by atoms with Crippen molar-refractivity contribution >= 4 is 39.0 Å². The molecule has 0 aliphatic rings. The van der Waals surface area contributed by atoms with E-state index in [9.17, 15) is 4.39 Å². The highest BCUT2D eigenvalue weighted by molar-refractivity contribution is 9.10. The molecule has 1 rings (SSSR count). The second-order valence-corrected chi connectivity index (χ2v) is 2.75. The van der Waals surface area contributed by atoms with E-state index in [4.69, 9.17) is 0 Å². The van der Waals surface area contributed by atoms with Gasteiger partial charge in [-0.05, 0) is 24.6 Å². The van der Waals surface area contributed by atoms with Gasteiger partial charge in [0.25, 0.3) is 0 Å². The van der Waals surface area contributed by atoms with Crippen LogP contribution in [0.3, 0.4) is 0 Å². The summed E-state index contributed by atoms with van der Waals surface area (Å²) in [5.41, 5.74) is 1.05. The van der Waals surface area contributed by atoms with Crippen LogP contribution in [0.15, 0.2) is 22.7 Å². The second kappa shape index (κ2) is 4.31. The number of benzene rings is 1. The van der Waals surface area contributed by atoms with Gasteiger partial charge in [-0.15, -0.1) is 0 Å². The quantitative estimate of drug-likeness (QED) is 0.581. The normalized spacial score (nSPS) is 8.70. The van der Waals surface area contributed by atoms with Crippen molar-refractivity contribution in [3.63, 3.8) is 0 Å². The zero-order chi connectivity index (χ0) is 6.85. The Hall–Kier alpha value is 0.396. The van der Waals surface area contributed by atoms with E-state index >= 15 is 0 Å². The highest BCUT2D eigenvalue weighted by atomic mass is 79.9. The van der Waals surface area contributed by atoms with Crippen LogP contribution in [-0.4, -0.2) is 23.1 Å². The molecule has 1 aromatic rings. The van der Waals surface area contributed by atoms with Crippen LogP contribution in [0.2, 0.25) is 0 Å². The van der Waals surface area contributed by atoms with Gasteiger partial charge < -0.3 is 0 Å². The smallest absolute Gasteiger partial charge is 0.207 e. The molecule has 0 saturated heterocycles. The van der Waals surface area contributed by atoms with E-state index in [2.05, 4.69) is 15.9 Å². The maximum Gasteiger partial charge on any atom is 0.316 e. The molecule has 0 atom stereocenters. The predicted molar refractivity (Wildman–Crippen MR) is 47.4 cm³/mol. The van der Waals surface area contributed by atoms with Gasteiger partial charge in [0.05, 0.1) is 0 Å². The molecule has 0 radical (unpaired) electrons.